The summed E-state index contributed by atoms with van der Waals surface area (Å²) in [5.41, 5.74) is 3.41. The Kier molecular flexibility index (Phi) is 4.33. The SMILES string of the molecule is Cc1cc2nn(-c3ccc(Cl)cc3)nc2cc1NC(=O)c1ccccc1F. The Morgan fingerprint density at radius 1 is 1.04 bits per heavy atom. The number of hydrogen-bond acceptors (Lipinski definition) is 3. The fourth-order valence-corrected chi connectivity index (χ4v) is 2.85. The lowest BCUT2D eigenvalue weighted by molar-refractivity contribution is 0.102. The zero-order valence-corrected chi connectivity index (χ0v) is 15.0. The Morgan fingerprint density at radius 2 is 1.70 bits per heavy atom. The van der Waals surface area contributed by atoms with Crippen molar-refractivity contribution in [3.05, 3.63) is 82.6 Å². The van der Waals surface area contributed by atoms with E-state index in [1.807, 2.05) is 25.1 Å². The number of aryl methyl sites for hydroxylation is 1. The Labute approximate surface area is 159 Å². The number of amides is 1. The van der Waals surface area contributed by atoms with E-state index in [-0.39, 0.29) is 5.56 Å². The van der Waals surface area contributed by atoms with Crippen molar-refractivity contribution in [2.75, 3.05) is 5.32 Å². The molecule has 5 nitrogen and oxygen atoms in total. The van der Waals surface area contributed by atoms with Gasteiger partial charge >= 0.3 is 0 Å². The highest BCUT2D eigenvalue weighted by Crippen LogP contribution is 2.23. The van der Waals surface area contributed by atoms with E-state index < -0.39 is 11.7 Å². The van der Waals surface area contributed by atoms with Gasteiger partial charge in [0.25, 0.3) is 5.91 Å². The minimum atomic E-state index is -0.567. The minimum absolute atomic E-state index is 0.0122. The van der Waals surface area contributed by atoms with E-state index in [0.717, 1.165) is 11.3 Å². The van der Waals surface area contributed by atoms with Gasteiger partial charge in [-0.3, -0.25) is 4.79 Å². The molecule has 0 saturated heterocycles. The molecule has 0 spiro atoms. The zero-order valence-electron chi connectivity index (χ0n) is 14.3. The fraction of sp³-hybridized carbons (Fsp3) is 0.0500. The molecule has 0 unspecified atom stereocenters. The Morgan fingerprint density at radius 3 is 2.41 bits per heavy atom. The zero-order chi connectivity index (χ0) is 19.0. The van der Waals surface area contributed by atoms with E-state index in [1.165, 1.54) is 16.9 Å². The van der Waals surface area contributed by atoms with E-state index in [1.54, 1.807) is 30.3 Å². The topological polar surface area (TPSA) is 59.8 Å². The molecule has 1 aromatic heterocycles. The van der Waals surface area contributed by atoms with Crippen LogP contribution in [0.1, 0.15) is 15.9 Å². The lowest BCUT2D eigenvalue weighted by Gasteiger charge is -2.08. The van der Waals surface area contributed by atoms with Gasteiger partial charge in [-0.15, -0.1) is 10.2 Å². The van der Waals surface area contributed by atoms with Crippen LogP contribution in [0.2, 0.25) is 5.02 Å². The highest BCUT2D eigenvalue weighted by molar-refractivity contribution is 6.30. The van der Waals surface area contributed by atoms with Crippen LogP contribution < -0.4 is 5.32 Å². The second-order valence-electron chi connectivity index (χ2n) is 6.06. The first-order valence-electron chi connectivity index (χ1n) is 8.21. The first-order valence-corrected chi connectivity index (χ1v) is 8.58. The summed E-state index contributed by atoms with van der Waals surface area (Å²) in [6, 6.07) is 16.5. The number of carbonyl (C=O) groups is 1. The molecule has 0 bridgehead atoms. The van der Waals surface area contributed by atoms with Crippen molar-refractivity contribution in [2.45, 2.75) is 6.92 Å². The molecule has 1 amide bonds. The molecule has 0 saturated carbocycles. The van der Waals surface area contributed by atoms with Gasteiger partial charge in [0, 0.05) is 10.7 Å². The second kappa shape index (κ2) is 6.81. The van der Waals surface area contributed by atoms with Gasteiger partial charge in [-0.25, -0.2) is 4.39 Å². The summed E-state index contributed by atoms with van der Waals surface area (Å²) in [5, 5.41) is 12.3. The maximum absolute atomic E-state index is 13.8. The number of carbonyl (C=O) groups excluding carboxylic acids is 1. The van der Waals surface area contributed by atoms with Crippen molar-refractivity contribution in [3.8, 4) is 5.69 Å². The van der Waals surface area contributed by atoms with Crippen molar-refractivity contribution in [3.63, 3.8) is 0 Å². The summed E-state index contributed by atoms with van der Waals surface area (Å²) >= 11 is 5.91. The molecule has 0 aliphatic rings. The van der Waals surface area contributed by atoms with Crippen molar-refractivity contribution in [2.24, 2.45) is 0 Å². The van der Waals surface area contributed by atoms with Gasteiger partial charge in [0.2, 0.25) is 0 Å². The monoisotopic (exact) mass is 380 g/mol. The molecule has 4 aromatic rings. The number of aromatic nitrogens is 3. The van der Waals surface area contributed by atoms with E-state index in [0.29, 0.717) is 21.7 Å². The van der Waals surface area contributed by atoms with Crippen LogP contribution in [0.4, 0.5) is 10.1 Å². The van der Waals surface area contributed by atoms with Gasteiger partial charge in [-0.1, -0.05) is 23.7 Å². The molecule has 4 rings (SSSR count). The summed E-state index contributed by atoms with van der Waals surface area (Å²) in [6.45, 7) is 1.84. The Balaban J connectivity index is 1.68. The minimum Gasteiger partial charge on any atom is -0.322 e. The summed E-state index contributed by atoms with van der Waals surface area (Å²) in [6.07, 6.45) is 0. The maximum Gasteiger partial charge on any atom is 0.258 e. The van der Waals surface area contributed by atoms with Crippen LogP contribution in [0.25, 0.3) is 16.7 Å². The molecule has 1 N–H and O–H groups in total. The third-order valence-electron chi connectivity index (χ3n) is 4.15. The fourth-order valence-electron chi connectivity index (χ4n) is 2.73. The average molecular weight is 381 g/mol. The highest BCUT2D eigenvalue weighted by atomic mass is 35.5. The van der Waals surface area contributed by atoms with Crippen LogP contribution in [-0.4, -0.2) is 20.9 Å². The smallest absolute Gasteiger partial charge is 0.258 e. The number of anilines is 1. The van der Waals surface area contributed by atoms with Crippen LogP contribution in [0.15, 0.2) is 60.7 Å². The number of hydrogen-bond donors (Lipinski definition) is 1. The molecule has 0 fully saturated rings. The van der Waals surface area contributed by atoms with Crippen LogP contribution in [0.5, 0.6) is 0 Å². The maximum atomic E-state index is 13.8. The Hall–Kier alpha value is -3.25. The molecule has 0 aliphatic heterocycles. The molecule has 7 heteroatoms. The van der Waals surface area contributed by atoms with Gasteiger partial charge in [0.1, 0.15) is 16.9 Å². The number of benzene rings is 3. The van der Waals surface area contributed by atoms with Crippen molar-refractivity contribution >= 4 is 34.2 Å². The van der Waals surface area contributed by atoms with Gasteiger partial charge in [-0.05, 0) is 61.0 Å². The van der Waals surface area contributed by atoms with Gasteiger partial charge < -0.3 is 5.32 Å². The van der Waals surface area contributed by atoms with Gasteiger partial charge in [0.15, 0.2) is 0 Å². The summed E-state index contributed by atoms with van der Waals surface area (Å²) < 4.78 is 13.8. The van der Waals surface area contributed by atoms with Crippen LogP contribution >= 0.6 is 11.6 Å². The van der Waals surface area contributed by atoms with Crippen LogP contribution in [0, 0.1) is 12.7 Å². The van der Waals surface area contributed by atoms with Crippen LogP contribution in [-0.2, 0) is 0 Å². The van der Waals surface area contributed by atoms with Gasteiger partial charge in [-0.2, -0.15) is 4.80 Å². The predicted octanol–water partition coefficient (Wildman–Crippen LogP) is 4.77. The second-order valence-corrected chi connectivity index (χ2v) is 6.49. The summed E-state index contributed by atoms with van der Waals surface area (Å²) in [7, 11) is 0. The summed E-state index contributed by atoms with van der Waals surface area (Å²) in [4.78, 5) is 13.9. The third-order valence-corrected chi connectivity index (χ3v) is 4.40. The largest absolute Gasteiger partial charge is 0.322 e. The number of nitrogens with zero attached hydrogens (tertiary/aromatic N) is 3. The third kappa shape index (κ3) is 3.39. The number of fused-ring (bicyclic) bond motifs is 1. The Bertz CT molecular complexity index is 1150. The molecule has 0 radical (unpaired) electrons. The molecule has 0 atom stereocenters. The van der Waals surface area contributed by atoms with Crippen molar-refractivity contribution < 1.29 is 9.18 Å². The number of nitrogens with one attached hydrogen (secondary N) is 1. The van der Waals surface area contributed by atoms with Crippen LogP contribution in [0.3, 0.4) is 0 Å². The first-order chi connectivity index (χ1) is 13.0. The average Bonchev–Trinajstić information content (AvgIpc) is 3.05. The molecule has 27 heavy (non-hydrogen) atoms. The van der Waals surface area contributed by atoms with Crippen molar-refractivity contribution in [1.82, 2.24) is 15.0 Å². The van der Waals surface area contributed by atoms with E-state index in [2.05, 4.69) is 15.5 Å². The standard InChI is InChI=1S/C20H14ClFN4O/c1-12-10-18-19(25-26(24-18)14-8-6-13(21)7-9-14)11-17(12)23-20(27)15-4-2-3-5-16(15)22/h2-11H,1H3,(H,23,27). The van der Waals surface area contributed by atoms with E-state index in [4.69, 9.17) is 11.6 Å². The van der Waals surface area contributed by atoms with Crippen molar-refractivity contribution in [1.29, 1.82) is 0 Å². The molecule has 0 aliphatic carbocycles. The lowest BCUT2D eigenvalue weighted by Crippen LogP contribution is -2.14. The van der Waals surface area contributed by atoms with E-state index >= 15 is 0 Å². The molecule has 1 heterocycles. The number of rotatable bonds is 3. The molecule has 134 valence electrons. The molecule has 3 aromatic carbocycles. The molecular formula is C20H14ClFN4O. The highest BCUT2D eigenvalue weighted by Gasteiger charge is 2.14. The number of halogens is 2. The van der Waals surface area contributed by atoms with Gasteiger partial charge in [0.05, 0.1) is 11.3 Å². The normalized spacial score (nSPS) is 10.9. The summed E-state index contributed by atoms with van der Waals surface area (Å²) in [5.74, 6) is -1.08. The molecular weight excluding hydrogens is 367 g/mol. The predicted molar refractivity (Wildman–Crippen MR) is 103 cm³/mol. The quantitative estimate of drug-likeness (QED) is 0.556. The van der Waals surface area contributed by atoms with E-state index in [9.17, 15) is 9.18 Å². The lowest BCUT2D eigenvalue weighted by atomic mass is 10.1. The first kappa shape index (κ1) is 17.2.